The minimum absolute atomic E-state index is 0.360. The van der Waals surface area contributed by atoms with Gasteiger partial charge >= 0.3 is 0 Å². The average Bonchev–Trinajstić information content (AvgIpc) is 1.93. The molecule has 0 atom stereocenters. The Morgan fingerprint density at radius 2 is 1.90 bits per heavy atom. The Bertz CT molecular complexity index is 231. The molecule has 0 unspecified atom stereocenters. The van der Waals surface area contributed by atoms with Crippen LogP contribution in [0, 0.1) is 18.6 Å². The molecule has 0 heterocycles. The second kappa shape index (κ2) is 2.25. The maximum atomic E-state index is 12.6. The molecular weight excluding hydrogens is 136 g/mol. The van der Waals surface area contributed by atoms with Gasteiger partial charge in [0.2, 0.25) is 0 Å². The van der Waals surface area contributed by atoms with Crippen molar-refractivity contribution in [2.45, 2.75) is 6.92 Å². The quantitative estimate of drug-likeness (QED) is 0.551. The summed E-state index contributed by atoms with van der Waals surface area (Å²) in [7, 11) is 0. The van der Waals surface area contributed by atoms with Gasteiger partial charge in [0.05, 0.1) is 0 Å². The second-order valence-electron chi connectivity index (χ2n) is 2.09. The van der Waals surface area contributed by atoms with E-state index in [-0.39, 0.29) is 0 Å². The van der Waals surface area contributed by atoms with Gasteiger partial charge in [-0.25, -0.2) is 8.78 Å². The van der Waals surface area contributed by atoms with E-state index in [1.54, 1.807) is 0 Å². The molecule has 0 aromatic heterocycles. The van der Waals surface area contributed by atoms with Crippen molar-refractivity contribution in [3.63, 3.8) is 0 Å². The molecule has 1 aromatic rings. The van der Waals surface area contributed by atoms with Gasteiger partial charge in [0, 0.05) is 0 Å². The van der Waals surface area contributed by atoms with Gasteiger partial charge in [-0.2, -0.15) is 0 Å². The van der Waals surface area contributed by atoms with Crippen LogP contribution < -0.4 is 5.73 Å². The third-order valence-electron chi connectivity index (χ3n) is 1.32. The Labute approximate surface area is 57.5 Å². The number of hydrogen-bond acceptors (Lipinski definition) is 1. The van der Waals surface area contributed by atoms with Gasteiger partial charge in [0.15, 0.2) is 5.82 Å². The lowest BCUT2D eigenvalue weighted by atomic mass is 10.2. The Kier molecular flexibility index (Phi) is 1.57. The highest BCUT2D eigenvalue weighted by Gasteiger charge is 2.05. The van der Waals surface area contributed by atoms with Crippen LogP contribution in [-0.2, 0) is 0 Å². The van der Waals surface area contributed by atoms with Crippen LogP contribution in [0.25, 0.3) is 0 Å². The summed E-state index contributed by atoms with van der Waals surface area (Å²) in [6.45, 7) is 1.53. The lowest BCUT2D eigenvalue weighted by molar-refractivity contribution is 0.586. The maximum Gasteiger partial charge on any atom is 0.151 e. The van der Waals surface area contributed by atoms with Crippen molar-refractivity contribution in [2.75, 3.05) is 5.73 Å². The van der Waals surface area contributed by atoms with Crippen molar-refractivity contribution in [2.24, 2.45) is 0 Å². The zero-order valence-corrected chi connectivity index (χ0v) is 5.49. The van der Waals surface area contributed by atoms with E-state index in [1.807, 2.05) is 0 Å². The van der Waals surface area contributed by atoms with E-state index in [1.165, 1.54) is 13.0 Å². The molecule has 10 heavy (non-hydrogen) atoms. The summed E-state index contributed by atoms with van der Waals surface area (Å²) in [4.78, 5) is 0. The Morgan fingerprint density at radius 3 is 2.40 bits per heavy atom. The minimum Gasteiger partial charge on any atom is -0.394 e. The van der Waals surface area contributed by atoms with E-state index in [2.05, 4.69) is 0 Å². The van der Waals surface area contributed by atoms with E-state index in [9.17, 15) is 8.78 Å². The molecule has 0 amide bonds. The molecule has 0 fully saturated rings. The molecule has 1 aromatic carbocycles. The van der Waals surface area contributed by atoms with Crippen LogP contribution in [-0.4, -0.2) is 0 Å². The predicted octanol–water partition coefficient (Wildman–Crippen LogP) is 1.86. The highest BCUT2D eigenvalue weighted by Crippen LogP contribution is 2.17. The Balaban J connectivity index is 3.34. The molecule has 0 spiro atoms. The number of nitrogen functional groups attached to an aromatic ring is 1. The van der Waals surface area contributed by atoms with Gasteiger partial charge in [-0.3, -0.25) is 0 Å². The Morgan fingerprint density at radius 1 is 1.30 bits per heavy atom. The normalized spacial score (nSPS) is 9.90. The average molecular weight is 143 g/mol. The van der Waals surface area contributed by atoms with Crippen LogP contribution in [0.15, 0.2) is 12.1 Å². The summed E-state index contributed by atoms with van der Waals surface area (Å²) >= 11 is 0. The van der Waals surface area contributed by atoms with Crippen LogP contribution in [0.1, 0.15) is 5.56 Å². The summed E-state index contributed by atoms with van der Waals surface area (Å²) in [5.41, 5.74) is 4.99. The first kappa shape index (κ1) is 6.99. The molecule has 0 radical (unpaired) electrons. The first-order chi connectivity index (χ1) is 4.63. The molecule has 0 bridgehead atoms. The van der Waals surface area contributed by atoms with E-state index >= 15 is 0 Å². The molecule has 3 heteroatoms. The van der Waals surface area contributed by atoms with Gasteiger partial charge in [0.25, 0.3) is 0 Å². The summed E-state index contributed by atoms with van der Waals surface area (Å²) in [5, 5.41) is 0. The fourth-order valence-corrected chi connectivity index (χ4v) is 0.678. The fraction of sp³-hybridized carbons (Fsp3) is 0.143. The number of benzene rings is 1. The Hall–Kier alpha value is -1.12. The third kappa shape index (κ3) is 0.943. The molecule has 0 saturated carbocycles. The molecule has 0 saturated heterocycles. The van der Waals surface area contributed by atoms with Crippen LogP contribution in [0.3, 0.4) is 0 Å². The van der Waals surface area contributed by atoms with E-state index in [4.69, 9.17) is 5.73 Å². The van der Waals surface area contributed by atoms with Crippen molar-refractivity contribution in [1.29, 1.82) is 0 Å². The van der Waals surface area contributed by atoms with Crippen molar-refractivity contribution >= 4 is 5.69 Å². The van der Waals surface area contributed by atoms with Crippen LogP contribution in [0.2, 0.25) is 0 Å². The predicted molar refractivity (Wildman–Crippen MR) is 35.5 cm³/mol. The number of rotatable bonds is 0. The monoisotopic (exact) mass is 143 g/mol. The van der Waals surface area contributed by atoms with Gasteiger partial charge in [-0.15, -0.1) is 0 Å². The molecule has 0 aliphatic heterocycles. The largest absolute Gasteiger partial charge is 0.394 e. The molecule has 1 nitrogen and oxygen atoms in total. The van der Waals surface area contributed by atoms with Gasteiger partial charge < -0.3 is 5.73 Å². The summed E-state index contributed by atoms with van der Waals surface area (Å²) in [6.07, 6.45) is 0. The molecule has 54 valence electrons. The lowest BCUT2D eigenvalue weighted by Gasteiger charge is -1.99. The van der Waals surface area contributed by atoms with Gasteiger partial charge in [0.1, 0.15) is 11.5 Å². The number of nitrogens with two attached hydrogens (primary N) is 1. The van der Waals surface area contributed by atoms with Crippen molar-refractivity contribution in [3.05, 3.63) is 29.3 Å². The van der Waals surface area contributed by atoms with Gasteiger partial charge in [-0.05, 0) is 18.6 Å². The number of halogens is 2. The fourth-order valence-electron chi connectivity index (χ4n) is 0.678. The number of aryl methyl sites for hydroxylation is 1. The number of anilines is 1. The minimum atomic E-state index is -0.705. The van der Waals surface area contributed by atoms with Gasteiger partial charge in [-0.1, -0.05) is 6.07 Å². The summed E-state index contributed by atoms with van der Waals surface area (Å²) in [5.74, 6) is -1.37. The highest BCUT2D eigenvalue weighted by molar-refractivity contribution is 5.43. The molecule has 2 N–H and O–H groups in total. The maximum absolute atomic E-state index is 12.6. The van der Waals surface area contributed by atoms with Crippen molar-refractivity contribution in [3.8, 4) is 0 Å². The molecule has 1 rings (SSSR count). The number of hydrogen-bond donors (Lipinski definition) is 1. The van der Waals surface area contributed by atoms with Crippen molar-refractivity contribution in [1.82, 2.24) is 0 Å². The van der Waals surface area contributed by atoms with Crippen molar-refractivity contribution < 1.29 is 8.78 Å². The van der Waals surface area contributed by atoms with E-state index in [0.717, 1.165) is 6.07 Å². The zero-order chi connectivity index (χ0) is 7.72. The topological polar surface area (TPSA) is 26.0 Å². The second-order valence-corrected chi connectivity index (χ2v) is 2.09. The van der Waals surface area contributed by atoms with Crippen LogP contribution in [0.4, 0.5) is 14.5 Å². The van der Waals surface area contributed by atoms with E-state index in [0.29, 0.717) is 5.56 Å². The molecule has 0 aliphatic rings. The smallest absolute Gasteiger partial charge is 0.151 e. The summed E-state index contributed by atoms with van der Waals surface area (Å²) in [6, 6.07) is 2.49. The highest BCUT2D eigenvalue weighted by atomic mass is 19.1. The lowest BCUT2D eigenvalue weighted by Crippen LogP contribution is -1.96. The van der Waals surface area contributed by atoms with Crippen LogP contribution >= 0.6 is 0 Å². The first-order valence-electron chi connectivity index (χ1n) is 2.83. The zero-order valence-electron chi connectivity index (χ0n) is 5.49. The molecular formula is C7H7F2N. The third-order valence-corrected chi connectivity index (χ3v) is 1.32. The standard InChI is InChI=1S/C7H7F2N/c1-4-2-3-5(8)7(10)6(4)9/h2-3H,10H2,1H3. The van der Waals surface area contributed by atoms with Crippen LogP contribution in [0.5, 0.6) is 0 Å². The SMILES string of the molecule is Cc1ccc(F)c(N)c1F. The first-order valence-corrected chi connectivity index (χ1v) is 2.83. The molecule has 0 aliphatic carbocycles. The summed E-state index contributed by atoms with van der Waals surface area (Å²) < 4.78 is 25.0. The van der Waals surface area contributed by atoms with E-state index < -0.39 is 17.3 Å².